The summed E-state index contributed by atoms with van der Waals surface area (Å²) in [6, 6.07) is 15.8. The molecule has 0 spiro atoms. The Morgan fingerprint density at radius 3 is 2.57 bits per heavy atom. The normalized spacial score (nSPS) is 18.2. The number of piperidine rings is 1. The lowest BCUT2D eigenvalue weighted by Crippen LogP contribution is -2.40. The van der Waals surface area contributed by atoms with E-state index in [1.54, 1.807) is 0 Å². The van der Waals surface area contributed by atoms with Crippen molar-refractivity contribution >= 4 is 29.0 Å². The van der Waals surface area contributed by atoms with Gasteiger partial charge in [-0.1, -0.05) is 55.0 Å². The number of nitrogens with zero attached hydrogens (tertiary/aromatic N) is 4. The lowest BCUT2D eigenvalue weighted by Gasteiger charge is -2.40. The van der Waals surface area contributed by atoms with Gasteiger partial charge >= 0.3 is 5.97 Å². The highest BCUT2D eigenvalue weighted by Gasteiger charge is 2.37. The maximum absolute atomic E-state index is 13.4. The number of benzene rings is 2. The molecule has 5 heterocycles. The fourth-order valence-corrected chi connectivity index (χ4v) is 6.38. The number of aryl methyl sites for hydroxylation is 1. The van der Waals surface area contributed by atoms with Crippen LogP contribution in [0.15, 0.2) is 72.8 Å². The topological polar surface area (TPSA) is 78.2 Å². The molecule has 3 aliphatic rings. The van der Waals surface area contributed by atoms with Crippen molar-refractivity contribution in [1.82, 2.24) is 14.6 Å². The Morgan fingerprint density at radius 1 is 1.07 bits per heavy atom. The van der Waals surface area contributed by atoms with Crippen LogP contribution in [-0.4, -0.2) is 53.0 Å². The van der Waals surface area contributed by atoms with E-state index in [0.717, 1.165) is 59.9 Å². The van der Waals surface area contributed by atoms with Crippen LogP contribution in [0.25, 0.3) is 28.0 Å². The molecule has 240 valence electrons. The number of hydrogen-bond donors (Lipinski definition) is 0. The van der Waals surface area contributed by atoms with Crippen LogP contribution in [0.5, 0.6) is 5.75 Å². The predicted octanol–water partition coefficient (Wildman–Crippen LogP) is 8.17. The largest absolute Gasteiger partial charge is 0.489 e. The van der Waals surface area contributed by atoms with Crippen LogP contribution in [0.1, 0.15) is 57.9 Å². The number of carbonyl (C=O) groups is 1. The Balaban J connectivity index is 1.58. The molecule has 0 amide bonds. The molecule has 7 rings (SSSR count). The SMILES string of the molecule is COC(=O)[C@@H](OC(C)(C)C)c1c(C)nc2cc3nn2c1N1CCC(C)(/C=C\C=C/COc2ccc(Cl)cc2-c2cccc-3c2)CC1. The molecule has 0 unspecified atom stereocenters. The molecule has 0 radical (unpaired) electrons. The molecule has 0 saturated carbocycles. The molecule has 6 bridgehead atoms. The van der Waals surface area contributed by atoms with Crippen LogP contribution in [-0.2, 0) is 14.3 Å². The zero-order chi connectivity index (χ0) is 32.6. The summed E-state index contributed by atoms with van der Waals surface area (Å²) in [6.07, 6.45) is 9.33. The summed E-state index contributed by atoms with van der Waals surface area (Å²) in [7, 11) is 1.39. The van der Waals surface area contributed by atoms with Crippen LogP contribution in [0.2, 0.25) is 5.02 Å². The van der Waals surface area contributed by atoms with Crippen molar-refractivity contribution in [2.24, 2.45) is 5.41 Å². The van der Waals surface area contributed by atoms with Gasteiger partial charge in [-0.2, -0.15) is 9.61 Å². The van der Waals surface area contributed by atoms with Crippen molar-refractivity contribution in [1.29, 1.82) is 0 Å². The predicted molar refractivity (Wildman–Crippen MR) is 183 cm³/mol. The van der Waals surface area contributed by atoms with Crippen molar-refractivity contribution < 1.29 is 19.0 Å². The summed E-state index contributed by atoms with van der Waals surface area (Å²) in [5.74, 6) is 1.08. The highest BCUT2D eigenvalue weighted by Crippen LogP contribution is 2.41. The van der Waals surface area contributed by atoms with Gasteiger partial charge in [0.2, 0.25) is 0 Å². The highest BCUT2D eigenvalue weighted by molar-refractivity contribution is 6.31. The highest BCUT2D eigenvalue weighted by atomic mass is 35.5. The van der Waals surface area contributed by atoms with Crippen molar-refractivity contribution in [3.05, 3.63) is 89.1 Å². The average Bonchev–Trinajstić information content (AvgIpc) is 3.44. The second-order valence-corrected chi connectivity index (χ2v) is 13.8. The van der Waals surface area contributed by atoms with Gasteiger partial charge in [-0.3, -0.25) is 0 Å². The van der Waals surface area contributed by atoms with E-state index in [1.807, 2.05) is 86.8 Å². The number of allylic oxidation sites excluding steroid dienone is 3. The van der Waals surface area contributed by atoms with E-state index in [2.05, 4.69) is 30.0 Å². The smallest absolute Gasteiger partial charge is 0.339 e. The summed E-state index contributed by atoms with van der Waals surface area (Å²) < 4.78 is 19.8. The van der Waals surface area contributed by atoms with Gasteiger partial charge in [-0.15, -0.1) is 0 Å². The molecule has 1 fully saturated rings. The third-order valence-corrected chi connectivity index (χ3v) is 8.89. The van der Waals surface area contributed by atoms with Crippen molar-refractivity contribution in [2.45, 2.75) is 59.2 Å². The molecular formula is C37H41ClN4O4. The number of ether oxygens (including phenoxy) is 3. The molecule has 1 saturated heterocycles. The minimum atomic E-state index is -0.978. The summed E-state index contributed by atoms with van der Waals surface area (Å²) >= 11 is 6.46. The lowest BCUT2D eigenvalue weighted by atomic mass is 9.80. The maximum atomic E-state index is 13.4. The van der Waals surface area contributed by atoms with E-state index >= 15 is 0 Å². The Labute approximate surface area is 275 Å². The number of methoxy groups -OCH3 is 1. The summed E-state index contributed by atoms with van der Waals surface area (Å²) in [5, 5.41) is 5.77. The number of fused-ring (bicyclic) bond motifs is 5. The van der Waals surface area contributed by atoms with E-state index in [-0.39, 0.29) is 5.41 Å². The third kappa shape index (κ3) is 6.55. The maximum Gasteiger partial charge on any atom is 0.339 e. The van der Waals surface area contributed by atoms with Crippen LogP contribution in [0.3, 0.4) is 0 Å². The number of hydrogen-bond acceptors (Lipinski definition) is 7. The van der Waals surface area contributed by atoms with E-state index in [4.69, 9.17) is 35.9 Å². The van der Waals surface area contributed by atoms with Gasteiger partial charge in [-0.25, -0.2) is 9.78 Å². The molecule has 9 heteroatoms. The number of esters is 1. The van der Waals surface area contributed by atoms with Gasteiger partial charge < -0.3 is 19.1 Å². The first-order valence-electron chi connectivity index (χ1n) is 15.7. The zero-order valence-electron chi connectivity index (χ0n) is 27.3. The number of rotatable bonds is 3. The van der Waals surface area contributed by atoms with Gasteiger partial charge in [0.1, 0.15) is 18.2 Å². The fourth-order valence-electron chi connectivity index (χ4n) is 6.21. The van der Waals surface area contributed by atoms with Crippen molar-refractivity contribution in [3.63, 3.8) is 0 Å². The Kier molecular flexibility index (Phi) is 8.70. The fraction of sp³-hybridized carbons (Fsp3) is 0.378. The van der Waals surface area contributed by atoms with Crippen LogP contribution >= 0.6 is 11.6 Å². The molecular weight excluding hydrogens is 600 g/mol. The zero-order valence-corrected chi connectivity index (χ0v) is 28.1. The van der Waals surface area contributed by atoms with Gasteiger partial charge in [0.25, 0.3) is 0 Å². The van der Waals surface area contributed by atoms with Crippen molar-refractivity contribution in [2.75, 3.05) is 31.7 Å². The molecule has 4 aromatic rings. The monoisotopic (exact) mass is 640 g/mol. The van der Waals surface area contributed by atoms with Crippen molar-refractivity contribution in [3.8, 4) is 28.1 Å². The van der Waals surface area contributed by atoms with Crippen LogP contribution < -0.4 is 9.64 Å². The summed E-state index contributed by atoms with van der Waals surface area (Å²) in [5.41, 5.74) is 4.99. The van der Waals surface area contributed by atoms with Gasteiger partial charge in [-0.05, 0) is 81.9 Å². The molecule has 3 aliphatic heterocycles. The average molecular weight is 641 g/mol. The number of carbonyl (C=O) groups excluding carboxylic acids is 1. The minimum absolute atomic E-state index is 0.00735. The molecule has 2 aromatic carbocycles. The van der Waals surface area contributed by atoms with E-state index in [0.29, 0.717) is 28.5 Å². The van der Waals surface area contributed by atoms with E-state index in [1.165, 1.54) is 7.11 Å². The van der Waals surface area contributed by atoms with Gasteiger partial charge in [0.05, 0.1) is 24.0 Å². The summed E-state index contributed by atoms with van der Waals surface area (Å²) in [4.78, 5) is 20.6. The third-order valence-electron chi connectivity index (χ3n) is 8.65. The molecule has 2 aromatic heterocycles. The number of aromatic nitrogens is 3. The molecule has 46 heavy (non-hydrogen) atoms. The van der Waals surface area contributed by atoms with Gasteiger partial charge in [0.15, 0.2) is 11.8 Å². The van der Waals surface area contributed by atoms with E-state index < -0.39 is 17.7 Å². The molecule has 0 N–H and O–H groups in total. The summed E-state index contributed by atoms with van der Waals surface area (Å²) in [6.45, 7) is 12.0. The molecule has 0 aliphatic carbocycles. The Bertz CT molecular complexity index is 1830. The molecule has 8 nitrogen and oxygen atoms in total. The first kappa shape index (κ1) is 31.8. The van der Waals surface area contributed by atoms with Gasteiger partial charge in [0, 0.05) is 41.0 Å². The minimum Gasteiger partial charge on any atom is -0.489 e. The number of halogens is 1. The quantitative estimate of drug-likeness (QED) is 0.209. The first-order valence-corrected chi connectivity index (χ1v) is 16.1. The first-order chi connectivity index (χ1) is 21.9. The Morgan fingerprint density at radius 2 is 1.83 bits per heavy atom. The van der Waals surface area contributed by atoms with Crippen LogP contribution in [0.4, 0.5) is 5.82 Å². The van der Waals surface area contributed by atoms with Crippen LogP contribution in [0, 0.1) is 12.3 Å². The standard InChI is InChI=1S/C37H41ClN4O4/c1-24-32(33(35(43)44-6)46-36(2,3)4)34-41-18-16-37(5,17-19-41)15-8-7-9-20-45-30-14-13-27(38)22-28(30)25-11-10-12-26(21-25)29-23-31(39-24)42(34)40-29/h7-15,21-23,33H,16-20H2,1-6H3/b9-7-,15-8-/t33-/m0/s1. The molecule has 1 atom stereocenters. The second-order valence-electron chi connectivity index (χ2n) is 13.3. The number of anilines is 1. The second kappa shape index (κ2) is 12.6. The lowest BCUT2D eigenvalue weighted by molar-refractivity contribution is -0.164. The van der Waals surface area contributed by atoms with E-state index in [9.17, 15) is 4.79 Å². The Hall–Kier alpha value is -4.14.